The molecule has 126 valence electrons. The number of aromatic nitrogens is 1. The van der Waals surface area contributed by atoms with Crippen LogP contribution in [-0.4, -0.2) is 41.0 Å². The molecule has 0 radical (unpaired) electrons. The Morgan fingerprint density at radius 1 is 1.21 bits per heavy atom. The van der Waals surface area contributed by atoms with Gasteiger partial charge in [-0.05, 0) is 38.8 Å². The SMILES string of the molecule is Cc1oc(-c2ccccc2)nc1C(=O)O[C@@H](C)C(=O)N1CCCC1. The summed E-state index contributed by atoms with van der Waals surface area (Å²) in [5, 5.41) is 0. The van der Waals surface area contributed by atoms with Gasteiger partial charge in [-0.3, -0.25) is 4.79 Å². The topological polar surface area (TPSA) is 72.6 Å². The zero-order valence-electron chi connectivity index (χ0n) is 13.8. The predicted molar refractivity (Wildman–Crippen MR) is 87.4 cm³/mol. The van der Waals surface area contributed by atoms with Gasteiger partial charge in [-0.25, -0.2) is 9.78 Å². The molecule has 1 aliphatic rings. The first-order valence-electron chi connectivity index (χ1n) is 8.09. The van der Waals surface area contributed by atoms with Gasteiger partial charge in [0.1, 0.15) is 5.76 Å². The van der Waals surface area contributed by atoms with E-state index in [1.807, 2.05) is 30.3 Å². The second kappa shape index (κ2) is 6.86. The number of hydrogen-bond donors (Lipinski definition) is 0. The van der Waals surface area contributed by atoms with E-state index in [0.29, 0.717) is 11.7 Å². The van der Waals surface area contributed by atoms with Gasteiger partial charge in [0.15, 0.2) is 11.8 Å². The molecular formula is C18H20N2O4. The lowest BCUT2D eigenvalue weighted by atomic mass is 10.2. The number of esters is 1. The third-order valence-corrected chi connectivity index (χ3v) is 4.06. The van der Waals surface area contributed by atoms with Crippen LogP contribution in [-0.2, 0) is 9.53 Å². The van der Waals surface area contributed by atoms with E-state index in [4.69, 9.17) is 9.15 Å². The monoisotopic (exact) mass is 328 g/mol. The summed E-state index contributed by atoms with van der Waals surface area (Å²) in [6.07, 6.45) is 1.16. The van der Waals surface area contributed by atoms with Gasteiger partial charge in [-0.1, -0.05) is 18.2 Å². The van der Waals surface area contributed by atoms with Crippen LogP contribution in [0.15, 0.2) is 34.7 Å². The molecule has 3 rings (SSSR count). The predicted octanol–water partition coefficient (Wildman–Crippen LogP) is 2.82. The van der Waals surface area contributed by atoms with E-state index in [2.05, 4.69) is 4.98 Å². The molecule has 1 aromatic heterocycles. The average Bonchev–Trinajstić information content (AvgIpc) is 3.24. The van der Waals surface area contributed by atoms with Gasteiger partial charge in [-0.15, -0.1) is 0 Å². The van der Waals surface area contributed by atoms with Crippen LogP contribution in [0.1, 0.15) is 36.0 Å². The van der Waals surface area contributed by atoms with Crippen molar-refractivity contribution in [2.45, 2.75) is 32.8 Å². The van der Waals surface area contributed by atoms with Crippen LogP contribution >= 0.6 is 0 Å². The van der Waals surface area contributed by atoms with Crippen LogP contribution in [0, 0.1) is 6.92 Å². The lowest BCUT2D eigenvalue weighted by Crippen LogP contribution is -2.38. The molecule has 2 heterocycles. The number of ether oxygens (including phenoxy) is 1. The molecule has 1 aromatic carbocycles. The van der Waals surface area contributed by atoms with Gasteiger partial charge in [0, 0.05) is 18.7 Å². The number of nitrogens with zero attached hydrogens (tertiary/aromatic N) is 2. The smallest absolute Gasteiger partial charge is 0.361 e. The summed E-state index contributed by atoms with van der Waals surface area (Å²) in [6.45, 7) is 4.69. The molecule has 0 unspecified atom stereocenters. The highest BCUT2D eigenvalue weighted by molar-refractivity contribution is 5.91. The summed E-state index contributed by atoms with van der Waals surface area (Å²) in [4.78, 5) is 30.5. The van der Waals surface area contributed by atoms with E-state index in [9.17, 15) is 9.59 Å². The minimum absolute atomic E-state index is 0.106. The zero-order valence-corrected chi connectivity index (χ0v) is 13.8. The minimum atomic E-state index is -0.827. The van der Waals surface area contributed by atoms with Gasteiger partial charge in [0.25, 0.3) is 5.91 Å². The van der Waals surface area contributed by atoms with Crippen molar-refractivity contribution in [3.63, 3.8) is 0 Å². The number of amides is 1. The Labute approximate surface area is 140 Å². The molecule has 0 bridgehead atoms. The average molecular weight is 328 g/mol. The van der Waals surface area contributed by atoms with Crippen LogP contribution in [0.4, 0.5) is 0 Å². The normalized spacial score (nSPS) is 15.3. The molecule has 24 heavy (non-hydrogen) atoms. The molecular weight excluding hydrogens is 308 g/mol. The summed E-state index contributed by atoms with van der Waals surface area (Å²) in [5.41, 5.74) is 0.885. The molecule has 0 saturated carbocycles. The fourth-order valence-electron chi connectivity index (χ4n) is 2.75. The number of oxazole rings is 1. The van der Waals surface area contributed by atoms with Gasteiger partial charge in [0.2, 0.25) is 5.89 Å². The van der Waals surface area contributed by atoms with Crippen molar-refractivity contribution >= 4 is 11.9 Å². The summed E-state index contributed by atoms with van der Waals surface area (Å²) >= 11 is 0. The molecule has 6 nitrogen and oxygen atoms in total. The minimum Gasteiger partial charge on any atom is -0.448 e. The van der Waals surface area contributed by atoms with Crippen LogP contribution in [0.2, 0.25) is 0 Å². The molecule has 0 spiro atoms. The molecule has 2 aromatic rings. The highest BCUT2D eigenvalue weighted by Crippen LogP contribution is 2.22. The summed E-state index contributed by atoms with van der Waals surface area (Å²) < 4.78 is 10.8. The fraction of sp³-hybridized carbons (Fsp3) is 0.389. The molecule has 1 amide bonds. The summed E-state index contributed by atoms with van der Waals surface area (Å²) in [7, 11) is 0. The van der Waals surface area contributed by atoms with E-state index in [1.165, 1.54) is 0 Å². The number of benzene rings is 1. The van der Waals surface area contributed by atoms with Crippen molar-refractivity contribution in [3.8, 4) is 11.5 Å². The Morgan fingerprint density at radius 2 is 1.88 bits per heavy atom. The Kier molecular flexibility index (Phi) is 4.64. The Bertz CT molecular complexity index is 733. The Hall–Kier alpha value is -2.63. The quantitative estimate of drug-likeness (QED) is 0.807. The molecule has 0 N–H and O–H groups in total. The first-order chi connectivity index (χ1) is 11.6. The number of likely N-dealkylation sites (tertiary alicyclic amines) is 1. The number of rotatable bonds is 4. The van der Waals surface area contributed by atoms with E-state index in [-0.39, 0.29) is 11.6 Å². The number of aryl methyl sites for hydroxylation is 1. The summed E-state index contributed by atoms with van der Waals surface area (Å²) in [5.74, 6) is -0.0676. The Balaban J connectivity index is 1.71. The molecule has 6 heteroatoms. The lowest BCUT2D eigenvalue weighted by molar-refractivity contribution is -0.138. The van der Waals surface area contributed by atoms with Gasteiger partial charge >= 0.3 is 5.97 Å². The number of carbonyl (C=O) groups is 2. The van der Waals surface area contributed by atoms with Gasteiger partial charge in [0.05, 0.1) is 0 Å². The zero-order chi connectivity index (χ0) is 17.1. The standard InChI is InChI=1S/C18H20N2O4/c1-12-15(19-16(23-12)14-8-4-3-5-9-14)18(22)24-13(2)17(21)20-10-6-7-11-20/h3-5,8-9,13H,6-7,10-11H2,1-2H3/t13-/m0/s1. The van der Waals surface area contributed by atoms with Crippen molar-refractivity contribution in [1.82, 2.24) is 9.88 Å². The van der Waals surface area contributed by atoms with E-state index in [0.717, 1.165) is 31.5 Å². The summed E-state index contributed by atoms with van der Waals surface area (Å²) in [6, 6.07) is 9.31. The number of hydrogen-bond acceptors (Lipinski definition) is 5. The maximum atomic E-state index is 12.3. The highest BCUT2D eigenvalue weighted by atomic mass is 16.5. The third kappa shape index (κ3) is 3.32. The largest absolute Gasteiger partial charge is 0.448 e. The lowest BCUT2D eigenvalue weighted by Gasteiger charge is -2.20. The van der Waals surface area contributed by atoms with Crippen molar-refractivity contribution in [2.75, 3.05) is 13.1 Å². The third-order valence-electron chi connectivity index (χ3n) is 4.06. The Morgan fingerprint density at radius 3 is 2.54 bits per heavy atom. The van der Waals surface area contributed by atoms with Crippen LogP contribution in [0.5, 0.6) is 0 Å². The molecule has 1 saturated heterocycles. The maximum Gasteiger partial charge on any atom is 0.361 e. The van der Waals surface area contributed by atoms with Crippen LogP contribution < -0.4 is 0 Å². The van der Waals surface area contributed by atoms with Crippen molar-refractivity contribution in [3.05, 3.63) is 41.8 Å². The highest BCUT2D eigenvalue weighted by Gasteiger charge is 2.28. The second-order valence-electron chi connectivity index (χ2n) is 5.87. The molecule has 1 atom stereocenters. The molecule has 1 aliphatic heterocycles. The number of carbonyl (C=O) groups excluding carboxylic acids is 2. The van der Waals surface area contributed by atoms with E-state index >= 15 is 0 Å². The van der Waals surface area contributed by atoms with Gasteiger partial charge < -0.3 is 14.1 Å². The fourth-order valence-corrected chi connectivity index (χ4v) is 2.75. The first kappa shape index (κ1) is 16.2. The second-order valence-corrected chi connectivity index (χ2v) is 5.87. The molecule has 0 aliphatic carbocycles. The van der Waals surface area contributed by atoms with E-state index < -0.39 is 12.1 Å². The van der Waals surface area contributed by atoms with Crippen LogP contribution in [0.3, 0.4) is 0 Å². The van der Waals surface area contributed by atoms with Crippen LogP contribution in [0.25, 0.3) is 11.5 Å². The van der Waals surface area contributed by atoms with Gasteiger partial charge in [-0.2, -0.15) is 0 Å². The van der Waals surface area contributed by atoms with Crippen molar-refractivity contribution in [2.24, 2.45) is 0 Å². The first-order valence-corrected chi connectivity index (χ1v) is 8.09. The molecule has 1 fully saturated rings. The van der Waals surface area contributed by atoms with Crippen molar-refractivity contribution < 1.29 is 18.7 Å². The van der Waals surface area contributed by atoms with E-state index in [1.54, 1.807) is 18.7 Å². The maximum absolute atomic E-state index is 12.3. The van der Waals surface area contributed by atoms with Crippen molar-refractivity contribution in [1.29, 1.82) is 0 Å².